The molecule has 1 aromatic carbocycles. The van der Waals surface area contributed by atoms with Gasteiger partial charge < -0.3 is 9.67 Å². The zero-order chi connectivity index (χ0) is 17.4. The summed E-state index contributed by atoms with van der Waals surface area (Å²) in [6, 6.07) is 6.23. The average Bonchev–Trinajstić information content (AvgIpc) is 2.74. The van der Waals surface area contributed by atoms with Gasteiger partial charge in [-0.1, -0.05) is 23.7 Å². The number of ketones is 1. The lowest BCUT2D eigenvalue weighted by Crippen LogP contribution is -2.16. The lowest BCUT2D eigenvalue weighted by molar-refractivity contribution is -0.138. The van der Waals surface area contributed by atoms with Crippen LogP contribution in [-0.4, -0.2) is 21.4 Å². The van der Waals surface area contributed by atoms with E-state index >= 15 is 0 Å². The van der Waals surface area contributed by atoms with E-state index in [-0.39, 0.29) is 16.3 Å². The van der Waals surface area contributed by atoms with Crippen molar-refractivity contribution in [1.82, 2.24) is 4.57 Å². The number of carbonyl (C=O) groups excluding carboxylic acids is 1. The van der Waals surface area contributed by atoms with E-state index in [0.717, 1.165) is 4.57 Å². The predicted octanol–water partition coefficient (Wildman–Crippen LogP) is 3.56. The van der Waals surface area contributed by atoms with Crippen molar-refractivity contribution < 1.29 is 27.9 Å². The van der Waals surface area contributed by atoms with Crippen LogP contribution in [0.5, 0.6) is 0 Å². The minimum atomic E-state index is -4.78. The number of carboxylic acids is 1. The van der Waals surface area contributed by atoms with Crippen LogP contribution in [-0.2, 0) is 24.4 Å². The number of benzene rings is 1. The second-order valence-corrected chi connectivity index (χ2v) is 5.30. The number of aromatic nitrogens is 1. The molecule has 0 amide bonds. The summed E-state index contributed by atoms with van der Waals surface area (Å²) in [5.74, 6) is -2.17. The molecule has 8 heteroatoms. The smallest absolute Gasteiger partial charge is 0.418 e. The van der Waals surface area contributed by atoms with Crippen molar-refractivity contribution >= 4 is 23.4 Å². The zero-order valence-electron chi connectivity index (χ0n) is 11.8. The number of hydrogen-bond donors (Lipinski definition) is 1. The number of hydrogen-bond acceptors (Lipinski definition) is 2. The maximum atomic E-state index is 13.2. The third kappa shape index (κ3) is 3.56. The molecule has 2 aromatic rings. The van der Waals surface area contributed by atoms with Crippen LogP contribution in [0.1, 0.15) is 27.3 Å². The average molecular weight is 346 g/mol. The second-order valence-electron chi connectivity index (χ2n) is 4.86. The van der Waals surface area contributed by atoms with Crippen LogP contribution in [0.15, 0.2) is 30.3 Å². The lowest BCUT2D eigenvalue weighted by Gasteiger charge is -2.10. The maximum Gasteiger partial charge on any atom is 0.418 e. The van der Waals surface area contributed by atoms with E-state index in [2.05, 4.69) is 0 Å². The summed E-state index contributed by atoms with van der Waals surface area (Å²) < 4.78 is 40.5. The van der Waals surface area contributed by atoms with Crippen LogP contribution in [0.4, 0.5) is 13.2 Å². The van der Waals surface area contributed by atoms with Gasteiger partial charge in [0.2, 0.25) is 5.78 Å². The van der Waals surface area contributed by atoms with Gasteiger partial charge in [-0.3, -0.25) is 9.59 Å². The van der Waals surface area contributed by atoms with Crippen molar-refractivity contribution in [2.24, 2.45) is 7.05 Å². The molecule has 0 unspecified atom stereocenters. The third-order valence-electron chi connectivity index (χ3n) is 3.27. The topological polar surface area (TPSA) is 59.3 Å². The molecule has 0 aliphatic heterocycles. The Morgan fingerprint density at radius 2 is 1.91 bits per heavy atom. The molecule has 1 heterocycles. The van der Waals surface area contributed by atoms with Crippen molar-refractivity contribution in [1.29, 1.82) is 0 Å². The van der Waals surface area contributed by atoms with Gasteiger partial charge in [-0.05, 0) is 18.2 Å². The fourth-order valence-electron chi connectivity index (χ4n) is 2.24. The van der Waals surface area contributed by atoms with Gasteiger partial charge in [-0.15, -0.1) is 0 Å². The van der Waals surface area contributed by atoms with E-state index in [9.17, 15) is 22.8 Å². The molecular formula is C15H11ClF3NO3. The Labute approximate surface area is 134 Å². The Morgan fingerprint density at radius 1 is 1.26 bits per heavy atom. The quantitative estimate of drug-likeness (QED) is 0.862. The molecule has 0 saturated carbocycles. The molecule has 0 bridgehead atoms. The molecule has 23 heavy (non-hydrogen) atoms. The van der Waals surface area contributed by atoms with Gasteiger partial charge in [0.05, 0.1) is 12.0 Å². The molecule has 1 N–H and O–H groups in total. The van der Waals surface area contributed by atoms with Crippen molar-refractivity contribution in [2.75, 3.05) is 0 Å². The van der Waals surface area contributed by atoms with Gasteiger partial charge in [-0.25, -0.2) is 0 Å². The number of halogens is 4. The van der Waals surface area contributed by atoms with E-state index in [1.165, 1.54) is 31.3 Å². The molecule has 0 fully saturated rings. The van der Waals surface area contributed by atoms with E-state index in [1.54, 1.807) is 0 Å². The maximum absolute atomic E-state index is 13.2. The number of carboxylic acid groups (broad SMARTS) is 1. The molecule has 1 aromatic heterocycles. The molecule has 122 valence electrons. The molecule has 2 rings (SSSR count). The van der Waals surface area contributed by atoms with Gasteiger partial charge in [0, 0.05) is 23.3 Å². The molecular weight excluding hydrogens is 335 g/mol. The van der Waals surface area contributed by atoms with Gasteiger partial charge in [0.25, 0.3) is 0 Å². The number of carbonyl (C=O) groups is 2. The summed E-state index contributed by atoms with van der Waals surface area (Å²) in [5.41, 5.74) is -1.90. The monoisotopic (exact) mass is 345 g/mol. The summed E-state index contributed by atoms with van der Waals surface area (Å²) in [6.45, 7) is 0. The highest BCUT2D eigenvalue weighted by atomic mass is 35.5. The van der Waals surface area contributed by atoms with E-state index in [1.807, 2.05) is 0 Å². The van der Waals surface area contributed by atoms with Crippen LogP contribution >= 0.6 is 11.6 Å². The Balaban J connectivity index is 2.62. The van der Waals surface area contributed by atoms with E-state index < -0.39 is 35.6 Å². The molecule has 0 radical (unpaired) electrons. The minimum Gasteiger partial charge on any atom is -0.481 e. The van der Waals surface area contributed by atoms with Crippen molar-refractivity contribution in [3.63, 3.8) is 0 Å². The highest BCUT2D eigenvalue weighted by Gasteiger charge is 2.38. The molecule has 0 aliphatic rings. The Morgan fingerprint density at radius 3 is 2.43 bits per heavy atom. The molecule has 4 nitrogen and oxygen atoms in total. The van der Waals surface area contributed by atoms with Gasteiger partial charge in [-0.2, -0.15) is 13.2 Å². The first-order chi connectivity index (χ1) is 10.6. The Kier molecular flexibility index (Phi) is 4.51. The zero-order valence-corrected chi connectivity index (χ0v) is 12.6. The number of aliphatic carboxylic acids is 1. The molecule has 0 atom stereocenters. The summed E-state index contributed by atoms with van der Waals surface area (Å²) in [7, 11) is 1.23. The summed E-state index contributed by atoms with van der Waals surface area (Å²) in [5, 5.41) is 9.00. The number of alkyl halides is 3. The van der Waals surface area contributed by atoms with Gasteiger partial charge >= 0.3 is 12.1 Å². The number of nitrogens with zero attached hydrogens (tertiary/aromatic N) is 1. The molecule has 0 aliphatic carbocycles. The minimum absolute atomic E-state index is 0.00826. The Bertz CT molecular complexity index is 781. The molecule has 0 saturated heterocycles. The highest BCUT2D eigenvalue weighted by Crippen LogP contribution is 2.35. The summed E-state index contributed by atoms with van der Waals surface area (Å²) in [4.78, 5) is 23.2. The third-order valence-corrected chi connectivity index (χ3v) is 3.51. The number of rotatable bonds is 4. The van der Waals surface area contributed by atoms with Crippen LogP contribution < -0.4 is 0 Å². The van der Waals surface area contributed by atoms with Gasteiger partial charge in [0.15, 0.2) is 0 Å². The first kappa shape index (κ1) is 17.1. The van der Waals surface area contributed by atoms with Crippen LogP contribution in [0.3, 0.4) is 0 Å². The van der Waals surface area contributed by atoms with E-state index in [4.69, 9.17) is 16.7 Å². The first-order valence-corrected chi connectivity index (χ1v) is 6.77. The second kappa shape index (κ2) is 6.08. The van der Waals surface area contributed by atoms with Crippen LogP contribution in [0, 0.1) is 0 Å². The largest absolute Gasteiger partial charge is 0.481 e. The van der Waals surface area contributed by atoms with Crippen molar-refractivity contribution in [2.45, 2.75) is 12.6 Å². The lowest BCUT2D eigenvalue weighted by atomic mass is 10.0. The Hall–Kier alpha value is -2.28. The van der Waals surface area contributed by atoms with Crippen molar-refractivity contribution in [3.8, 4) is 0 Å². The molecule has 0 spiro atoms. The fraction of sp³-hybridized carbons (Fsp3) is 0.200. The summed E-state index contributed by atoms with van der Waals surface area (Å²) >= 11 is 5.76. The first-order valence-electron chi connectivity index (χ1n) is 6.39. The normalized spacial score (nSPS) is 11.5. The summed E-state index contributed by atoms with van der Waals surface area (Å²) in [6.07, 6.45) is -5.40. The fourth-order valence-corrected chi connectivity index (χ4v) is 2.43. The van der Waals surface area contributed by atoms with Gasteiger partial charge in [0.1, 0.15) is 5.69 Å². The SMILES string of the molecule is Cn1c(CC(=O)O)cc(C(F)(F)F)c1C(=O)c1cccc(Cl)c1. The predicted molar refractivity (Wildman–Crippen MR) is 76.6 cm³/mol. The van der Waals surface area contributed by atoms with Crippen LogP contribution in [0.25, 0.3) is 0 Å². The standard InChI is InChI=1S/C15H11ClF3NO3/c1-20-10(7-12(21)22)6-11(15(17,18)19)13(20)14(23)8-3-2-4-9(16)5-8/h2-6H,7H2,1H3,(H,21,22). The highest BCUT2D eigenvalue weighted by molar-refractivity contribution is 6.31. The van der Waals surface area contributed by atoms with E-state index in [0.29, 0.717) is 6.07 Å². The van der Waals surface area contributed by atoms with Crippen LogP contribution in [0.2, 0.25) is 5.02 Å². The van der Waals surface area contributed by atoms with Crippen molar-refractivity contribution in [3.05, 3.63) is 57.9 Å².